The average Bonchev–Trinajstić information content (AvgIpc) is 2.53. The maximum atomic E-state index is 13.5. The zero-order chi connectivity index (χ0) is 21.7. The van der Waals surface area contributed by atoms with E-state index in [0.717, 1.165) is 0 Å². The average molecular weight is 399 g/mol. The summed E-state index contributed by atoms with van der Waals surface area (Å²) >= 11 is 0. The van der Waals surface area contributed by atoms with Crippen molar-refractivity contribution >= 4 is 17.7 Å². The van der Waals surface area contributed by atoms with E-state index < -0.39 is 52.4 Å². The van der Waals surface area contributed by atoms with Gasteiger partial charge in [-0.05, 0) is 39.7 Å². The van der Waals surface area contributed by atoms with Gasteiger partial charge < -0.3 is 9.84 Å². The van der Waals surface area contributed by atoms with E-state index >= 15 is 0 Å². The number of rotatable bonds is 6. The molecule has 0 saturated carbocycles. The maximum Gasteiger partial charge on any atom is 0.418 e. The molecule has 0 bridgehead atoms. The first-order chi connectivity index (χ1) is 12.8. The number of nitriles is 1. The lowest BCUT2D eigenvalue weighted by Crippen LogP contribution is -2.28. The fourth-order valence-electron chi connectivity index (χ4n) is 2.24. The fraction of sp³-hybridized carbons (Fsp3) is 0.444. The third-order valence-corrected chi connectivity index (χ3v) is 3.34. The molecular weight excluding hydrogens is 379 g/mol. The predicted octanol–water partition coefficient (Wildman–Crippen LogP) is 4.72. The molecule has 0 aromatic carbocycles. The number of nitrogens with zero attached hydrogens (tertiary/aromatic N) is 2. The first-order valence-electron chi connectivity index (χ1n) is 8.16. The van der Waals surface area contributed by atoms with Crippen LogP contribution in [0.2, 0.25) is 0 Å². The predicted molar refractivity (Wildman–Crippen MR) is 93.8 cm³/mol. The van der Waals surface area contributed by atoms with Gasteiger partial charge >= 0.3 is 18.2 Å². The van der Waals surface area contributed by atoms with E-state index in [9.17, 15) is 33.1 Å². The number of halogens is 3. The highest BCUT2D eigenvalue weighted by molar-refractivity contribution is 5.97. The Hall–Kier alpha value is -3.09. The van der Waals surface area contributed by atoms with Gasteiger partial charge in [0.05, 0.1) is 28.9 Å². The molecule has 1 heterocycles. The molecule has 2 N–H and O–H groups in total. The second-order valence-electron chi connectivity index (χ2n) is 6.79. The van der Waals surface area contributed by atoms with E-state index in [1.807, 2.05) is 5.32 Å². The minimum atomic E-state index is -4.92. The van der Waals surface area contributed by atoms with Crippen molar-refractivity contribution < 1.29 is 32.6 Å². The van der Waals surface area contributed by atoms with E-state index in [2.05, 4.69) is 11.6 Å². The normalized spacial score (nSPS) is 12.6. The van der Waals surface area contributed by atoms with Gasteiger partial charge in [0.1, 0.15) is 5.60 Å². The van der Waals surface area contributed by atoms with Crippen LogP contribution in [-0.2, 0) is 10.9 Å². The van der Waals surface area contributed by atoms with Crippen LogP contribution in [0, 0.1) is 11.3 Å². The molecule has 1 aromatic rings. The second kappa shape index (κ2) is 8.73. The van der Waals surface area contributed by atoms with Crippen molar-refractivity contribution in [3.63, 3.8) is 0 Å². The summed E-state index contributed by atoms with van der Waals surface area (Å²) in [5.74, 6) is -2.97. The highest BCUT2D eigenvalue weighted by atomic mass is 19.4. The number of carbonyl (C=O) groups excluding carboxylic acids is 1. The number of alkyl halides is 3. The molecule has 0 aliphatic rings. The number of pyridine rings is 1. The summed E-state index contributed by atoms with van der Waals surface area (Å²) in [5, 5.41) is 20.5. The number of hydrogen-bond donors (Lipinski definition) is 2. The highest BCUT2D eigenvalue weighted by Gasteiger charge is 2.38. The van der Waals surface area contributed by atoms with Crippen LogP contribution in [0.15, 0.2) is 18.7 Å². The molecule has 1 aromatic heterocycles. The van der Waals surface area contributed by atoms with Crippen LogP contribution in [0.4, 0.5) is 23.7 Å². The summed E-state index contributed by atoms with van der Waals surface area (Å²) in [7, 11) is 0. The molecule has 7 nitrogen and oxygen atoms in total. The zero-order valence-electron chi connectivity index (χ0n) is 15.6. The Bertz CT molecular complexity index is 808. The van der Waals surface area contributed by atoms with Gasteiger partial charge in [-0.25, -0.2) is 14.6 Å². The molecule has 152 valence electrons. The van der Waals surface area contributed by atoms with Gasteiger partial charge in [0.2, 0.25) is 0 Å². The number of nitrogens with one attached hydrogen (secondary N) is 1. The van der Waals surface area contributed by atoms with Crippen LogP contribution < -0.4 is 5.32 Å². The van der Waals surface area contributed by atoms with E-state index in [0.29, 0.717) is 6.07 Å². The number of aromatic carboxylic acids is 1. The minimum Gasteiger partial charge on any atom is -0.476 e. The smallest absolute Gasteiger partial charge is 0.418 e. The third kappa shape index (κ3) is 6.26. The number of carboxylic acid groups (broad SMARTS) is 1. The van der Waals surface area contributed by atoms with Gasteiger partial charge in [-0.2, -0.15) is 18.4 Å². The molecule has 28 heavy (non-hydrogen) atoms. The largest absolute Gasteiger partial charge is 0.476 e. The Morgan fingerprint density at radius 1 is 1.43 bits per heavy atom. The lowest BCUT2D eigenvalue weighted by molar-refractivity contribution is -0.138. The van der Waals surface area contributed by atoms with Gasteiger partial charge in [-0.15, -0.1) is 6.58 Å². The van der Waals surface area contributed by atoms with Gasteiger partial charge in [-0.3, -0.25) is 5.32 Å². The number of anilines is 1. The molecule has 10 heteroatoms. The number of allylic oxidation sites excluding steroid dienone is 1. The van der Waals surface area contributed by atoms with Crippen LogP contribution >= 0.6 is 0 Å². The number of amides is 1. The summed E-state index contributed by atoms with van der Waals surface area (Å²) in [4.78, 5) is 26.9. The van der Waals surface area contributed by atoms with Gasteiger partial charge in [-0.1, -0.05) is 6.08 Å². The fourth-order valence-corrected chi connectivity index (χ4v) is 2.24. The number of hydrogen-bond acceptors (Lipinski definition) is 5. The molecule has 0 aliphatic heterocycles. The monoisotopic (exact) mass is 399 g/mol. The van der Waals surface area contributed by atoms with Crippen molar-refractivity contribution in [2.24, 2.45) is 0 Å². The summed E-state index contributed by atoms with van der Waals surface area (Å²) < 4.78 is 45.5. The van der Waals surface area contributed by atoms with Crippen LogP contribution in [0.1, 0.15) is 61.3 Å². The molecule has 0 radical (unpaired) electrons. The number of aromatic nitrogens is 1. The van der Waals surface area contributed by atoms with Crippen LogP contribution in [0.25, 0.3) is 0 Å². The summed E-state index contributed by atoms with van der Waals surface area (Å²) in [6, 6.07) is 2.16. The quantitative estimate of drug-likeness (QED) is 0.670. The van der Waals surface area contributed by atoms with Crippen molar-refractivity contribution in [3.05, 3.63) is 35.7 Å². The second-order valence-corrected chi connectivity index (χ2v) is 6.79. The van der Waals surface area contributed by atoms with Crippen molar-refractivity contribution in [3.8, 4) is 6.07 Å². The van der Waals surface area contributed by atoms with Crippen LogP contribution in [0.5, 0.6) is 0 Å². The Morgan fingerprint density at radius 2 is 2.04 bits per heavy atom. The molecule has 0 spiro atoms. The van der Waals surface area contributed by atoms with E-state index in [1.54, 1.807) is 6.07 Å². The van der Waals surface area contributed by atoms with E-state index in [4.69, 9.17) is 4.74 Å². The maximum absolute atomic E-state index is 13.5. The van der Waals surface area contributed by atoms with Crippen LogP contribution in [-0.4, -0.2) is 27.8 Å². The molecule has 1 amide bonds. The molecular formula is C18H20F3N3O4. The lowest BCUT2D eigenvalue weighted by atomic mass is 9.95. The lowest BCUT2D eigenvalue weighted by Gasteiger charge is -2.21. The summed E-state index contributed by atoms with van der Waals surface area (Å²) in [6.45, 7) is 8.04. The van der Waals surface area contributed by atoms with Gasteiger partial charge in [0.15, 0.2) is 5.69 Å². The molecule has 1 unspecified atom stereocenters. The van der Waals surface area contributed by atoms with E-state index in [1.165, 1.54) is 26.8 Å². The van der Waals surface area contributed by atoms with Crippen molar-refractivity contribution in [1.82, 2.24) is 4.98 Å². The molecule has 0 saturated heterocycles. The third-order valence-electron chi connectivity index (χ3n) is 3.34. The highest BCUT2D eigenvalue weighted by Crippen LogP contribution is 2.38. The first-order valence-corrected chi connectivity index (χ1v) is 8.16. The Balaban J connectivity index is 3.54. The number of carboxylic acids is 1. The standard InChI is InChI=1S/C18H20F3N3O4/c1-5-6-7-10(9-22)13-11(18(19,20)21)8-12(14(24-13)15(25)26)23-16(27)28-17(2,3)4/h5,8,10H,1,6-7H2,2-4H3,(H,23,27)(H,25,26). The van der Waals surface area contributed by atoms with Gasteiger partial charge in [0, 0.05) is 0 Å². The van der Waals surface area contributed by atoms with Crippen molar-refractivity contribution in [2.45, 2.75) is 51.3 Å². The number of carbonyl (C=O) groups is 2. The summed E-state index contributed by atoms with van der Waals surface area (Å²) in [5.41, 5.74) is -4.49. The Morgan fingerprint density at radius 3 is 2.46 bits per heavy atom. The molecule has 1 atom stereocenters. The zero-order valence-corrected chi connectivity index (χ0v) is 15.6. The number of ether oxygens (including phenoxy) is 1. The molecule has 1 rings (SSSR count). The van der Waals surface area contributed by atoms with Crippen LogP contribution in [0.3, 0.4) is 0 Å². The SMILES string of the molecule is C=CCCC(C#N)c1nc(C(=O)O)c(NC(=O)OC(C)(C)C)cc1C(F)(F)F. The Labute approximate surface area is 159 Å². The molecule has 0 fully saturated rings. The first kappa shape index (κ1) is 23.0. The summed E-state index contributed by atoms with van der Waals surface area (Å²) in [6.07, 6.45) is -4.42. The Kier molecular flexibility index (Phi) is 7.16. The van der Waals surface area contributed by atoms with Gasteiger partial charge in [0.25, 0.3) is 0 Å². The van der Waals surface area contributed by atoms with E-state index in [-0.39, 0.29) is 12.8 Å². The minimum absolute atomic E-state index is 0.0199. The topological polar surface area (TPSA) is 112 Å². The van der Waals surface area contributed by atoms with Crippen molar-refractivity contribution in [2.75, 3.05) is 5.32 Å². The van der Waals surface area contributed by atoms with Crippen molar-refractivity contribution in [1.29, 1.82) is 5.26 Å². The molecule has 0 aliphatic carbocycles.